The molecule has 1 N–H and O–H groups in total. The molecule has 2 unspecified atom stereocenters. The van der Waals surface area contributed by atoms with E-state index in [4.69, 9.17) is 4.74 Å². The third-order valence-electron chi connectivity index (χ3n) is 6.00. The van der Waals surface area contributed by atoms with Gasteiger partial charge < -0.3 is 14.7 Å². The number of amides is 1. The van der Waals surface area contributed by atoms with Crippen LogP contribution in [0.25, 0.3) is 11.3 Å². The van der Waals surface area contributed by atoms with Gasteiger partial charge in [-0.15, -0.1) is 0 Å². The Kier molecular flexibility index (Phi) is 5.11. The zero-order valence-corrected chi connectivity index (χ0v) is 17.5. The predicted octanol–water partition coefficient (Wildman–Crippen LogP) is 4.89. The number of piperidine rings is 2. The quantitative estimate of drug-likeness (QED) is 0.788. The minimum atomic E-state index is -0.920. The molecule has 2 bridgehead atoms. The van der Waals surface area contributed by atoms with Gasteiger partial charge in [0.25, 0.3) is 0 Å². The number of nitrogens with zero attached hydrogens (tertiary/aromatic N) is 2. The standard InChI is InChI=1S/C24H30N2O3/c1-23(2,3)29-22(27)26-19-7-6-8-20(26)16-24(28,15-19)18-12-10-17(11-13-18)21-9-4-5-14-25-21/h4-5,9-14,19-20,28H,6-8,15-16H2,1-3H3. The number of hydrogen-bond acceptors (Lipinski definition) is 4. The van der Waals surface area contributed by atoms with Crippen molar-refractivity contribution in [3.63, 3.8) is 0 Å². The molecule has 29 heavy (non-hydrogen) atoms. The molecule has 2 aliphatic heterocycles. The summed E-state index contributed by atoms with van der Waals surface area (Å²) in [7, 11) is 0. The molecule has 1 aromatic heterocycles. The third-order valence-corrected chi connectivity index (χ3v) is 6.00. The van der Waals surface area contributed by atoms with Crippen molar-refractivity contribution in [3.8, 4) is 11.3 Å². The highest BCUT2D eigenvalue weighted by atomic mass is 16.6. The minimum absolute atomic E-state index is 0.0119. The van der Waals surface area contributed by atoms with Crippen molar-refractivity contribution >= 4 is 6.09 Å². The van der Waals surface area contributed by atoms with Crippen LogP contribution in [0.15, 0.2) is 48.7 Å². The van der Waals surface area contributed by atoms with Gasteiger partial charge in [-0.3, -0.25) is 4.98 Å². The largest absolute Gasteiger partial charge is 0.444 e. The average molecular weight is 395 g/mol. The normalized spacial score (nSPS) is 26.8. The molecule has 1 aromatic carbocycles. The number of rotatable bonds is 2. The number of benzene rings is 1. The van der Waals surface area contributed by atoms with Crippen LogP contribution < -0.4 is 0 Å². The van der Waals surface area contributed by atoms with Crippen LogP contribution in [0.5, 0.6) is 0 Å². The molecule has 5 heteroatoms. The predicted molar refractivity (Wildman–Crippen MR) is 112 cm³/mol. The van der Waals surface area contributed by atoms with Gasteiger partial charge in [-0.2, -0.15) is 0 Å². The lowest BCUT2D eigenvalue weighted by Crippen LogP contribution is -2.59. The van der Waals surface area contributed by atoms with E-state index >= 15 is 0 Å². The van der Waals surface area contributed by atoms with Gasteiger partial charge in [0, 0.05) is 36.7 Å². The number of pyridine rings is 1. The summed E-state index contributed by atoms with van der Waals surface area (Å²) in [6.45, 7) is 5.68. The number of aliphatic hydroxyl groups is 1. The second-order valence-electron chi connectivity index (χ2n) is 9.36. The van der Waals surface area contributed by atoms with E-state index in [9.17, 15) is 9.90 Å². The molecule has 0 radical (unpaired) electrons. The summed E-state index contributed by atoms with van der Waals surface area (Å²) in [5.41, 5.74) is 1.43. The zero-order chi connectivity index (χ0) is 20.6. The van der Waals surface area contributed by atoms with E-state index in [1.165, 1.54) is 0 Å². The first-order valence-corrected chi connectivity index (χ1v) is 10.5. The third kappa shape index (κ3) is 4.15. The van der Waals surface area contributed by atoms with Crippen molar-refractivity contribution in [2.24, 2.45) is 0 Å². The molecule has 2 aromatic rings. The number of hydrogen-bond donors (Lipinski definition) is 1. The second-order valence-corrected chi connectivity index (χ2v) is 9.36. The summed E-state index contributed by atoms with van der Waals surface area (Å²) >= 11 is 0. The lowest BCUT2D eigenvalue weighted by atomic mass is 9.72. The fraction of sp³-hybridized carbons (Fsp3) is 0.500. The van der Waals surface area contributed by atoms with E-state index in [1.807, 2.05) is 68.1 Å². The number of aromatic nitrogens is 1. The number of carbonyl (C=O) groups is 1. The van der Waals surface area contributed by atoms with Gasteiger partial charge in [0.2, 0.25) is 0 Å². The first kappa shape index (κ1) is 19.9. The molecule has 2 fully saturated rings. The Balaban J connectivity index is 1.55. The first-order valence-electron chi connectivity index (χ1n) is 10.5. The second kappa shape index (κ2) is 7.45. The molecular formula is C24H30N2O3. The van der Waals surface area contributed by atoms with Gasteiger partial charge in [-0.05, 0) is 57.7 Å². The highest BCUT2D eigenvalue weighted by Gasteiger charge is 2.49. The van der Waals surface area contributed by atoms with Crippen LogP contribution in [0.4, 0.5) is 4.79 Å². The van der Waals surface area contributed by atoms with Gasteiger partial charge in [-0.1, -0.05) is 30.3 Å². The summed E-state index contributed by atoms with van der Waals surface area (Å²) in [5.74, 6) is 0. The van der Waals surface area contributed by atoms with Crippen molar-refractivity contribution in [1.82, 2.24) is 9.88 Å². The number of carbonyl (C=O) groups excluding carboxylic acids is 1. The Morgan fingerprint density at radius 1 is 1.10 bits per heavy atom. The van der Waals surface area contributed by atoms with Crippen molar-refractivity contribution < 1.29 is 14.6 Å². The van der Waals surface area contributed by atoms with E-state index in [2.05, 4.69) is 4.98 Å². The molecular weight excluding hydrogens is 364 g/mol. The smallest absolute Gasteiger partial charge is 0.410 e. The molecule has 0 spiro atoms. The summed E-state index contributed by atoms with van der Waals surface area (Å²) in [5, 5.41) is 11.5. The maximum absolute atomic E-state index is 12.8. The van der Waals surface area contributed by atoms with Gasteiger partial charge in [0.05, 0.1) is 11.3 Å². The molecule has 2 saturated heterocycles. The molecule has 2 atom stereocenters. The van der Waals surface area contributed by atoms with Crippen LogP contribution in [0, 0.1) is 0 Å². The van der Waals surface area contributed by atoms with Crippen molar-refractivity contribution in [2.45, 2.75) is 76.2 Å². The Morgan fingerprint density at radius 2 is 1.76 bits per heavy atom. The van der Waals surface area contributed by atoms with Gasteiger partial charge in [0.1, 0.15) is 5.60 Å². The number of ether oxygens (including phenoxy) is 1. The zero-order valence-electron chi connectivity index (χ0n) is 17.5. The monoisotopic (exact) mass is 394 g/mol. The van der Waals surface area contributed by atoms with Crippen molar-refractivity contribution in [3.05, 3.63) is 54.2 Å². The Morgan fingerprint density at radius 3 is 2.31 bits per heavy atom. The van der Waals surface area contributed by atoms with Crippen LogP contribution in [0.2, 0.25) is 0 Å². The lowest BCUT2D eigenvalue weighted by molar-refractivity contribution is -0.0965. The van der Waals surface area contributed by atoms with Crippen molar-refractivity contribution in [1.29, 1.82) is 0 Å². The Hall–Kier alpha value is -2.40. The van der Waals surface area contributed by atoms with E-state index in [0.29, 0.717) is 12.8 Å². The molecule has 5 nitrogen and oxygen atoms in total. The van der Waals surface area contributed by atoms with Crippen LogP contribution in [0.3, 0.4) is 0 Å². The maximum atomic E-state index is 12.8. The summed E-state index contributed by atoms with van der Waals surface area (Å²) in [6.07, 6.45) is 5.53. The number of fused-ring (bicyclic) bond motifs is 2. The molecule has 0 saturated carbocycles. The Labute approximate surface area is 172 Å². The van der Waals surface area contributed by atoms with Crippen LogP contribution in [-0.2, 0) is 10.3 Å². The Bertz CT molecular complexity index is 844. The van der Waals surface area contributed by atoms with Crippen molar-refractivity contribution in [2.75, 3.05) is 0 Å². The SMILES string of the molecule is CC(C)(C)OC(=O)N1C2CCCC1CC(O)(c1ccc(-c3ccccn3)cc1)C2. The van der Waals surface area contributed by atoms with E-state index in [0.717, 1.165) is 36.1 Å². The van der Waals surface area contributed by atoms with Crippen LogP contribution in [-0.4, -0.2) is 38.8 Å². The maximum Gasteiger partial charge on any atom is 0.410 e. The first-order chi connectivity index (χ1) is 13.8. The van der Waals surface area contributed by atoms with Crippen LogP contribution >= 0.6 is 0 Å². The summed E-state index contributed by atoms with van der Waals surface area (Å²) < 4.78 is 5.65. The van der Waals surface area contributed by atoms with Gasteiger partial charge >= 0.3 is 6.09 Å². The topological polar surface area (TPSA) is 62.7 Å². The minimum Gasteiger partial charge on any atom is -0.444 e. The molecule has 1 amide bonds. The molecule has 3 heterocycles. The van der Waals surface area contributed by atoms with Crippen LogP contribution in [0.1, 0.15) is 58.4 Å². The highest BCUT2D eigenvalue weighted by Crippen LogP contribution is 2.45. The molecule has 4 rings (SSSR count). The fourth-order valence-corrected chi connectivity index (χ4v) is 4.76. The molecule has 0 aliphatic carbocycles. The molecule has 154 valence electrons. The lowest BCUT2D eigenvalue weighted by Gasteiger charge is -2.51. The van der Waals surface area contributed by atoms with Gasteiger partial charge in [-0.25, -0.2) is 4.79 Å². The van der Waals surface area contributed by atoms with E-state index < -0.39 is 11.2 Å². The molecule has 2 aliphatic rings. The van der Waals surface area contributed by atoms with E-state index in [1.54, 1.807) is 6.20 Å². The summed E-state index contributed by atoms with van der Waals surface area (Å²) in [4.78, 5) is 19.1. The van der Waals surface area contributed by atoms with E-state index in [-0.39, 0.29) is 18.2 Å². The fourth-order valence-electron chi connectivity index (χ4n) is 4.76. The average Bonchev–Trinajstić information content (AvgIpc) is 2.67. The highest BCUT2D eigenvalue weighted by molar-refractivity contribution is 5.69. The van der Waals surface area contributed by atoms with Gasteiger partial charge in [0.15, 0.2) is 0 Å². The summed E-state index contributed by atoms with van der Waals surface area (Å²) in [6, 6.07) is 13.9.